The number of nitrogens with zero attached hydrogens (tertiary/aromatic N) is 3. The fraction of sp³-hybridized carbons (Fsp3) is 0.444. The van der Waals surface area contributed by atoms with Crippen molar-refractivity contribution in [3.8, 4) is 5.75 Å². The maximum Gasteiger partial charge on any atom is 0.282 e. The molecule has 1 saturated heterocycles. The fourth-order valence-corrected chi connectivity index (χ4v) is 3.19. The van der Waals surface area contributed by atoms with Gasteiger partial charge in [0.1, 0.15) is 16.8 Å². The van der Waals surface area contributed by atoms with E-state index in [9.17, 15) is 4.79 Å². The van der Waals surface area contributed by atoms with Gasteiger partial charge in [-0.05, 0) is 33.6 Å². The normalized spacial score (nSPS) is 15.0. The van der Waals surface area contributed by atoms with Crippen LogP contribution in [0.3, 0.4) is 0 Å². The average Bonchev–Trinajstić information content (AvgIpc) is 2.67. The van der Waals surface area contributed by atoms with E-state index in [2.05, 4.69) is 31.2 Å². The third-order valence-electron chi connectivity index (χ3n) is 4.24. The predicted octanol–water partition coefficient (Wildman–Crippen LogP) is 1.87. The highest BCUT2D eigenvalue weighted by molar-refractivity contribution is 9.10. The van der Waals surface area contributed by atoms with Gasteiger partial charge in [-0.1, -0.05) is 12.1 Å². The molecule has 26 heavy (non-hydrogen) atoms. The molecule has 0 unspecified atom stereocenters. The molecule has 2 aromatic rings. The molecule has 0 radical (unpaired) electrons. The average molecular weight is 423 g/mol. The Labute approximate surface area is 161 Å². The molecule has 0 aliphatic carbocycles. The molecule has 0 spiro atoms. The maximum atomic E-state index is 11.9. The number of morpholine rings is 1. The molecular formula is C18H23BrN4O3. The molecule has 1 aliphatic heterocycles. The molecule has 0 amide bonds. The van der Waals surface area contributed by atoms with Crippen molar-refractivity contribution in [1.29, 1.82) is 0 Å². The zero-order valence-corrected chi connectivity index (χ0v) is 16.4. The lowest BCUT2D eigenvalue weighted by Gasteiger charge is -2.26. The van der Waals surface area contributed by atoms with E-state index in [4.69, 9.17) is 9.47 Å². The maximum absolute atomic E-state index is 11.9. The zero-order chi connectivity index (χ0) is 18.4. The number of ether oxygens (including phenoxy) is 2. The van der Waals surface area contributed by atoms with Crippen molar-refractivity contribution in [1.82, 2.24) is 14.7 Å². The second-order valence-corrected chi connectivity index (χ2v) is 6.90. The number of rotatable bonds is 7. The molecule has 2 heterocycles. The largest absolute Gasteiger partial charge is 0.492 e. The van der Waals surface area contributed by atoms with E-state index in [-0.39, 0.29) is 5.56 Å². The third-order valence-corrected chi connectivity index (χ3v) is 5.01. The summed E-state index contributed by atoms with van der Waals surface area (Å²) in [5.74, 6) is 0.846. The Morgan fingerprint density at radius 3 is 2.96 bits per heavy atom. The molecule has 3 rings (SSSR count). The Morgan fingerprint density at radius 1 is 1.35 bits per heavy atom. The summed E-state index contributed by atoms with van der Waals surface area (Å²) >= 11 is 3.32. The molecule has 140 valence electrons. The standard InChI is InChI=1S/C18H23BrN4O3/c1-22-18(24)17(19)16(13-21-22)20-12-14-3-2-4-15(11-14)26-10-7-23-5-8-25-9-6-23/h2-4,11,13,20H,5-10,12H2,1H3. The summed E-state index contributed by atoms with van der Waals surface area (Å²) in [7, 11) is 1.62. The van der Waals surface area contributed by atoms with Gasteiger partial charge >= 0.3 is 0 Å². The van der Waals surface area contributed by atoms with Crippen molar-refractivity contribution in [3.05, 3.63) is 50.9 Å². The van der Waals surface area contributed by atoms with E-state index in [0.717, 1.165) is 44.2 Å². The van der Waals surface area contributed by atoms with Gasteiger partial charge in [-0.3, -0.25) is 9.69 Å². The number of benzene rings is 1. The summed E-state index contributed by atoms with van der Waals surface area (Å²) in [6, 6.07) is 7.95. The highest BCUT2D eigenvalue weighted by Crippen LogP contribution is 2.19. The Kier molecular flexibility index (Phi) is 6.65. The van der Waals surface area contributed by atoms with E-state index in [1.165, 1.54) is 4.68 Å². The topological polar surface area (TPSA) is 68.6 Å². The van der Waals surface area contributed by atoms with Gasteiger partial charge in [0.05, 0.1) is 25.1 Å². The lowest BCUT2D eigenvalue weighted by atomic mass is 10.2. The van der Waals surface area contributed by atoms with E-state index in [0.29, 0.717) is 23.3 Å². The molecular weight excluding hydrogens is 400 g/mol. The van der Waals surface area contributed by atoms with Crippen LogP contribution in [-0.2, 0) is 18.3 Å². The number of hydrogen-bond donors (Lipinski definition) is 1. The number of anilines is 1. The summed E-state index contributed by atoms with van der Waals surface area (Å²) in [5.41, 5.74) is 1.57. The van der Waals surface area contributed by atoms with E-state index in [1.54, 1.807) is 13.2 Å². The second kappa shape index (κ2) is 9.16. The third kappa shape index (κ3) is 5.06. The van der Waals surface area contributed by atoms with Gasteiger partial charge in [-0.25, -0.2) is 4.68 Å². The van der Waals surface area contributed by atoms with Crippen molar-refractivity contribution in [2.75, 3.05) is 44.8 Å². The first kappa shape index (κ1) is 18.9. The Balaban J connectivity index is 1.52. The Hall–Kier alpha value is -1.90. The zero-order valence-electron chi connectivity index (χ0n) is 14.8. The second-order valence-electron chi connectivity index (χ2n) is 6.10. The highest BCUT2D eigenvalue weighted by atomic mass is 79.9. The molecule has 0 atom stereocenters. The van der Waals surface area contributed by atoms with Crippen LogP contribution in [0, 0.1) is 0 Å². The minimum Gasteiger partial charge on any atom is -0.492 e. The van der Waals surface area contributed by atoms with E-state index < -0.39 is 0 Å². The van der Waals surface area contributed by atoms with Gasteiger partial charge in [0.15, 0.2) is 0 Å². The highest BCUT2D eigenvalue weighted by Gasteiger charge is 2.10. The van der Waals surface area contributed by atoms with Crippen molar-refractivity contribution in [3.63, 3.8) is 0 Å². The van der Waals surface area contributed by atoms with E-state index >= 15 is 0 Å². The van der Waals surface area contributed by atoms with Crippen LogP contribution < -0.4 is 15.6 Å². The summed E-state index contributed by atoms with van der Waals surface area (Å²) in [6.07, 6.45) is 1.63. The van der Waals surface area contributed by atoms with Gasteiger partial charge in [0.2, 0.25) is 0 Å². The van der Waals surface area contributed by atoms with Gasteiger partial charge in [0, 0.05) is 33.2 Å². The molecule has 0 saturated carbocycles. The molecule has 1 aromatic carbocycles. The van der Waals surface area contributed by atoms with Crippen molar-refractivity contribution in [2.45, 2.75) is 6.54 Å². The van der Waals surface area contributed by atoms with Gasteiger partial charge in [0.25, 0.3) is 5.56 Å². The molecule has 0 bridgehead atoms. The molecule has 1 aliphatic rings. The van der Waals surface area contributed by atoms with Crippen LogP contribution in [0.5, 0.6) is 5.75 Å². The van der Waals surface area contributed by atoms with Crippen LogP contribution in [0.1, 0.15) is 5.56 Å². The summed E-state index contributed by atoms with van der Waals surface area (Å²) < 4.78 is 13.0. The summed E-state index contributed by atoms with van der Waals surface area (Å²) in [4.78, 5) is 14.2. The predicted molar refractivity (Wildman–Crippen MR) is 104 cm³/mol. The number of nitrogens with one attached hydrogen (secondary N) is 1. The van der Waals surface area contributed by atoms with Crippen LogP contribution >= 0.6 is 15.9 Å². The van der Waals surface area contributed by atoms with Gasteiger partial charge in [-0.2, -0.15) is 5.10 Å². The summed E-state index contributed by atoms with van der Waals surface area (Å²) in [6.45, 7) is 5.66. The van der Waals surface area contributed by atoms with Crippen molar-refractivity contribution < 1.29 is 9.47 Å². The van der Waals surface area contributed by atoms with Crippen LogP contribution in [0.2, 0.25) is 0 Å². The quantitative estimate of drug-likeness (QED) is 0.734. The van der Waals surface area contributed by atoms with Crippen molar-refractivity contribution >= 4 is 21.6 Å². The van der Waals surface area contributed by atoms with Crippen LogP contribution in [0.25, 0.3) is 0 Å². The molecule has 1 N–H and O–H groups in total. The number of aryl methyl sites for hydroxylation is 1. The molecule has 7 nitrogen and oxygen atoms in total. The van der Waals surface area contributed by atoms with Gasteiger partial charge in [-0.15, -0.1) is 0 Å². The number of aromatic nitrogens is 2. The molecule has 1 fully saturated rings. The molecule has 1 aromatic heterocycles. The smallest absolute Gasteiger partial charge is 0.282 e. The first-order valence-electron chi connectivity index (χ1n) is 8.61. The Morgan fingerprint density at radius 2 is 2.15 bits per heavy atom. The summed E-state index contributed by atoms with van der Waals surface area (Å²) in [5, 5.41) is 7.26. The number of hydrogen-bond acceptors (Lipinski definition) is 6. The number of halogens is 1. The first-order chi connectivity index (χ1) is 12.6. The monoisotopic (exact) mass is 422 g/mol. The van der Waals surface area contributed by atoms with E-state index in [1.807, 2.05) is 24.3 Å². The fourth-order valence-electron chi connectivity index (χ4n) is 2.69. The van der Waals surface area contributed by atoms with Gasteiger partial charge < -0.3 is 14.8 Å². The van der Waals surface area contributed by atoms with Crippen LogP contribution in [0.15, 0.2) is 39.7 Å². The minimum atomic E-state index is -0.171. The lowest BCUT2D eigenvalue weighted by molar-refractivity contribution is 0.0322. The lowest BCUT2D eigenvalue weighted by Crippen LogP contribution is -2.38. The van der Waals surface area contributed by atoms with Crippen molar-refractivity contribution in [2.24, 2.45) is 7.05 Å². The van der Waals surface area contributed by atoms with Crippen LogP contribution in [0.4, 0.5) is 5.69 Å². The first-order valence-corrected chi connectivity index (χ1v) is 9.40. The minimum absolute atomic E-state index is 0.171. The molecule has 8 heteroatoms. The Bertz CT molecular complexity index is 790. The SMILES string of the molecule is Cn1ncc(NCc2cccc(OCCN3CCOCC3)c2)c(Br)c1=O. The van der Waals surface area contributed by atoms with Crippen LogP contribution in [-0.4, -0.2) is 54.1 Å².